The quantitative estimate of drug-likeness (QED) is 0.568. The highest BCUT2D eigenvalue weighted by Gasteiger charge is 2.12. The Balaban J connectivity index is 1.59. The molecule has 0 amide bonds. The van der Waals surface area contributed by atoms with Crippen molar-refractivity contribution in [2.75, 3.05) is 18.2 Å². The third-order valence-electron chi connectivity index (χ3n) is 3.56. The lowest BCUT2D eigenvalue weighted by molar-refractivity contribution is 0.414. The first-order valence-electron chi connectivity index (χ1n) is 7.54. The molecule has 126 valence electrons. The van der Waals surface area contributed by atoms with Crippen LogP contribution in [0.25, 0.3) is 16.5 Å². The van der Waals surface area contributed by atoms with Crippen molar-refractivity contribution >= 4 is 29.0 Å². The molecule has 3 N–H and O–H groups in total. The number of benzene rings is 1. The molecule has 8 nitrogen and oxygen atoms in total. The number of aromatic nitrogens is 5. The van der Waals surface area contributed by atoms with Gasteiger partial charge in [0.2, 0.25) is 11.9 Å². The summed E-state index contributed by atoms with van der Waals surface area (Å²) in [4.78, 5) is 14.0. The Kier molecular flexibility index (Phi) is 3.90. The summed E-state index contributed by atoms with van der Waals surface area (Å²) >= 11 is 1.56. The predicted molar refractivity (Wildman–Crippen MR) is 96.6 cm³/mol. The molecule has 0 unspecified atom stereocenters. The molecule has 0 radical (unpaired) electrons. The Bertz CT molecular complexity index is 1010. The number of nitrogens with zero attached hydrogens (tertiary/aromatic N) is 5. The van der Waals surface area contributed by atoms with Gasteiger partial charge >= 0.3 is 0 Å². The molecule has 0 saturated carbocycles. The van der Waals surface area contributed by atoms with Crippen molar-refractivity contribution in [2.24, 2.45) is 0 Å². The minimum absolute atomic E-state index is 0.230. The van der Waals surface area contributed by atoms with E-state index in [1.54, 1.807) is 18.4 Å². The van der Waals surface area contributed by atoms with E-state index in [1.807, 2.05) is 41.8 Å². The Labute approximate surface area is 147 Å². The largest absolute Gasteiger partial charge is 0.497 e. The van der Waals surface area contributed by atoms with Gasteiger partial charge in [0.1, 0.15) is 5.75 Å². The predicted octanol–water partition coefficient (Wildman–Crippen LogP) is 2.45. The van der Waals surface area contributed by atoms with Gasteiger partial charge in [0.25, 0.3) is 5.78 Å². The van der Waals surface area contributed by atoms with Crippen LogP contribution >= 0.6 is 11.3 Å². The number of methoxy groups -OCH3 is 1. The molecular weight excluding hydrogens is 338 g/mol. The molecule has 0 fully saturated rings. The van der Waals surface area contributed by atoms with Crippen molar-refractivity contribution in [1.82, 2.24) is 24.6 Å². The van der Waals surface area contributed by atoms with Crippen LogP contribution in [0.3, 0.4) is 0 Å². The first-order valence-corrected chi connectivity index (χ1v) is 8.42. The second-order valence-corrected chi connectivity index (χ2v) is 6.18. The highest BCUT2D eigenvalue weighted by Crippen LogP contribution is 2.22. The van der Waals surface area contributed by atoms with Gasteiger partial charge in [-0.05, 0) is 29.1 Å². The summed E-state index contributed by atoms with van der Waals surface area (Å²) in [6, 6.07) is 11.7. The molecule has 25 heavy (non-hydrogen) atoms. The summed E-state index contributed by atoms with van der Waals surface area (Å²) in [6.45, 7) is 0.540. The van der Waals surface area contributed by atoms with Crippen molar-refractivity contribution in [3.8, 4) is 16.5 Å². The summed E-state index contributed by atoms with van der Waals surface area (Å²) < 4.78 is 6.66. The minimum Gasteiger partial charge on any atom is -0.497 e. The minimum atomic E-state index is 0.230. The molecule has 0 aliphatic rings. The van der Waals surface area contributed by atoms with E-state index >= 15 is 0 Å². The first-order chi connectivity index (χ1) is 12.2. The summed E-state index contributed by atoms with van der Waals surface area (Å²) in [5.41, 5.74) is 7.03. The molecule has 4 rings (SSSR count). The molecule has 4 aromatic rings. The van der Waals surface area contributed by atoms with E-state index in [9.17, 15) is 0 Å². The van der Waals surface area contributed by atoms with Crippen LogP contribution in [0.1, 0.15) is 5.56 Å². The van der Waals surface area contributed by atoms with Crippen molar-refractivity contribution in [3.05, 3.63) is 47.3 Å². The Morgan fingerprint density at radius 3 is 2.92 bits per heavy atom. The molecule has 0 saturated heterocycles. The van der Waals surface area contributed by atoms with Gasteiger partial charge in [-0.2, -0.15) is 19.5 Å². The third-order valence-corrected chi connectivity index (χ3v) is 4.43. The van der Waals surface area contributed by atoms with Crippen molar-refractivity contribution in [3.63, 3.8) is 0 Å². The van der Waals surface area contributed by atoms with Gasteiger partial charge in [-0.15, -0.1) is 16.4 Å². The smallest absolute Gasteiger partial charge is 0.259 e. The van der Waals surface area contributed by atoms with Crippen molar-refractivity contribution in [2.45, 2.75) is 6.54 Å². The fraction of sp³-hybridized carbons (Fsp3) is 0.125. The molecule has 0 bridgehead atoms. The third kappa shape index (κ3) is 3.09. The first kappa shape index (κ1) is 15.3. The van der Waals surface area contributed by atoms with Gasteiger partial charge in [-0.3, -0.25) is 0 Å². The lowest BCUT2D eigenvalue weighted by atomic mass is 10.2. The van der Waals surface area contributed by atoms with Crippen LogP contribution in [0.4, 0.5) is 11.9 Å². The lowest BCUT2D eigenvalue weighted by Gasteiger charge is -2.07. The molecule has 3 heterocycles. The highest BCUT2D eigenvalue weighted by atomic mass is 32.1. The summed E-state index contributed by atoms with van der Waals surface area (Å²) in [5, 5.41) is 9.48. The maximum atomic E-state index is 5.99. The Morgan fingerprint density at radius 1 is 1.20 bits per heavy atom. The number of rotatable bonds is 5. The van der Waals surface area contributed by atoms with Gasteiger partial charge in [0.05, 0.1) is 12.0 Å². The van der Waals surface area contributed by atoms with E-state index in [2.05, 4.69) is 25.4 Å². The maximum Gasteiger partial charge on any atom is 0.259 e. The SMILES string of the molecule is COc1cccc(CNc2nc(N)n3nc(-c4cccs4)nc3n2)c1. The fourth-order valence-corrected chi connectivity index (χ4v) is 3.01. The normalized spacial score (nSPS) is 10.9. The monoisotopic (exact) mass is 353 g/mol. The second-order valence-electron chi connectivity index (χ2n) is 5.24. The Hall–Kier alpha value is -3.20. The van der Waals surface area contributed by atoms with Gasteiger partial charge in [-0.25, -0.2) is 0 Å². The lowest BCUT2D eigenvalue weighted by Crippen LogP contribution is -2.09. The number of anilines is 2. The van der Waals surface area contributed by atoms with E-state index < -0.39 is 0 Å². The van der Waals surface area contributed by atoms with Crippen molar-refractivity contribution < 1.29 is 4.74 Å². The van der Waals surface area contributed by atoms with Crippen LogP contribution < -0.4 is 15.8 Å². The zero-order valence-corrected chi connectivity index (χ0v) is 14.2. The van der Waals surface area contributed by atoms with Gasteiger partial charge in [0.15, 0.2) is 5.82 Å². The van der Waals surface area contributed by atoms with Crippen LogP contribution in [0.5, 0.6) is 5.75 Å². The van der Waals surface area contributed by atoms with E-state index in [-0.39, 0.29) is 5.95 Å². The fourth-order valence-electron chi connectivity index (χ4n) is 2.36. The average molecular weight is 353 g/mol. The number of nitrogens with two attached hydrogens (primary N) is 1. The van der Waals surface area contributed by atoms with E-state index in [0.717, 1.165) is 16.2 Å². The molecule has 9 heteroatoms. The number of ether oxygens (including phenoxy) is 1. The highest BCUT2D eigenvalue weighted by molar-refractivity contribution is 7.13. The number of nitrogen functional groups attached to an aromatic ring is 1. The topological polar surface area (TPSA) is 103 Å². The molecule has 0 aliphatic heterocycles. The van der Waals surface area contributed by atoms with Gasteiger partial charge in [0, 0.05) is 6.54 Å². The molecule has 0 aliphatic carbocycles. The maximum absolute atomic E-state index is 5.99. The van der Waals surface area contributed by atoms with E-state index in [1.165, 1.54) is 4.52 Å². The van der Waals surface area contributed by atoms with Gasteiger partial charge < -0.3 is 15.8 Å². The number of hydrogen-bond acceptors (Lipinski definition) is 8. The number of nitrogens with one attached hydrogen (secondary N) is 1. The van der Waals surface area contributed by atoms with Crippen LogP contribution in [0, 0.1) is 0 Å². The summed E-state index contributed by atoms with van der Waals surface area (Å²) in [6.07, 6.45) is 0. The van der Waals surface area contributed by atoms with Crippen LogP contribution in [0.2, 0.25) is 0 Å². The average Bonchev–Trinajstić information content (AvgIpc) is 3.29. The number of hydrogen-bond donors (Lipinski definition) is 2. The van der Waals surface area contributed by atoms with E-state index in [0.29, 0.717) is 24.1 Å². The summed E-state index contributed by atoms with van der Waals surface area (Å²) in [5.74, 6) is 2.42. The van der Waals surface area contributed by atoms with Crippen molar-refractivity contribution in [1.29, 1.82) is 0 Å². The van der Waals surface area contributed by atoms with Crippen LogP contribution in [-0.4, -0.2) is 31.7 Å². The second kappa shape index (κ2) is 6.36. The van der Waals surface area contributed by atoms with Gasteiger partial charge in [-0.1, -0.05) is 18.2 Å². The molecule has 0 atom stereocenters. The molecule has 0 spiro atoms. The molecule has 3 aromatic heterocycles. The van der Waals surface area contributed by atoms with Crippen LogP contribution in [0.15, 0.2) is 41.8 Å². The number of fused-ring (bicyclic) bond motifs is 1. The van der Waals surface area contributed by atoms with Crippen LogP contribution in [-0.2, 0) is 6.54 Å². The molecular formula is C16H15N7OS. The Morgan fingerprint density at radius 2 is 2.12 bits per heavy atom. The zero-order chi connectivity index (χ0) is 17.2. The zero-order valence-electron chi connectivity index (χ0n) is 13.4. The van der Waals surface area contributed by atoms with E-state index in [4.69, 9.17) is 10.5 Å². The summed E-state index contributed by atoms with van der Waals surface area (Å²) in [7, 11) is 1.64. The standard InChI is InChI=1S/C16H15N7OS/c1-24-11-5-2-4-10(8-11)9-18-15-20-14(17)23-16(21-15)19-13(22-23)12-6-3-7-25-12/h2-8H,9H2,1H3,(H3,17,18,19,20,21,22). The molecule has 1 aromatic carbocycles. The number of thiophene rings is 1.